The zero-order valence-electron chi connectivity index (χ0n) is 19.1. The minimum atomic E-state index is -0.821. The summed E-state index contributed by atoms with van der Waals surface area (Å²) in [6.45, 7) is 0.0938. The summed E-state index contributed by atoms with van der Waals surface area (Å²) in [7, 11) is 2.81. The Balaban J connectivity index is 1.82. The normalized spacial score (nSPS) is 10.8. The SMILES string of the molecule is COc1ccc(NC(=O)/C(C#N)=C/c2ccc(OCc3c(Cl)cccc3Cl)c(OC)c2)c([N+](=O)[O-])c1. The maximum atomic E-state index is 12.7. The molecule has 1 N–H and O–H groups in total. The molecule has 0 aliphatic heterocycles. The molecule has 0 fully saturated rings. The van der Waals surface area contributed by atoms with Crippen molar-refractivity contribution in [3.8, 4) is 23.3 Å². The molecule has 0 saturated carbocycles. The molecule has 0 atom stereocenters. The van der Waals surface area contributed by atoms with Crippen molar-refractivity contribution in [1.29, 1.82) is 5.26 Å². The number of nitro groups is 1. The highest BCUT2D eigenvalue weighted by Gasteiger charge is 2.19. The quantitative estimate of drug-likeness (QED) is 0.155. The summed E-state index contributed by atoms with van der Waals surface area (Å²) in [5.74, 6) is 0.165. The Morgan fingerprint density at radius 1 is 1.08 bits per heavy atom. The Bertz CT molecular complexity index is 1360. The van der Waals surface area contributed by atoms with Crippen molar-refractivity contribution in [3.05, 3.63) is 91.5 Å². The van der Waals surface area contributed by atoms with Crippen LogP contribution in [0.4, 0.5) is 11.4 Å². The fraction of sp³-hybridized carbons (Fsp3) is 0.120. The highest BCUT2D eigenvalue weighted by Crippen LogP contribution is 2.33. The van der Waals surface area contributed by atoms with E-state index in [0.29, 0.717) is 32.7 Å². The number of amides is 1. The number of methoxy groups -OCH3 is 2. The van der Waals surface area contributed by atoms with Crippen molar-refractivity contribution in [2.45, 2.75) is 6.61 Å². The lowest BCUT2D eigenvalue weighted by atomic mass is 10.1. The third-order valence-corrected chi connectivity index (χ3v) is 5.66. The van der Waals surface area contributed by atoms with Gasteiger partial charge in [0.05, 0.1) is 25.2 Å². The van der Waals surface area contributed by atoms with Gasteiger partial charge in [-0.1, -0.05) is 35.3 Å². The minimum Gasteiger partial charge on any atom is -0.496 e. The molecule has 11 heteroatoms. The molecule has 0 unspecified atom stereocenters. The molecule has 0 aromatic heterocycles. The summed E-state index contributed by atoms with van der Waals surface area (Å²) in [5.41, 5.74) is 0.348. The van der Waals surface area contributed by atoms with Crippen LogP contribution in [0, 0.1) is 21.4 Å². The maximum absolute atomic E-state index is 12.7. The lowest BCUT2D eigenvalue weighted by molar-refractivity contribution is -0.384. The van der Waals surface area contributed by atoms with Gasteiger partial charge in [-0.15, -0.1) is 0 Å². The van der Waals surface area contributed by atoms with E-state index < -0.39 is 10.8 Å². The van der Waals surface area contributed by atoms with E-state index in [4.69, 9.17) is 37.4 Å². The van der Waals surface area contributed by atoms with Gasteiger partial charge in [-0.05, 0) is 48.0 Å². The number of carbonyl (C=O) groups excluding carboxylic acids is 1. The molecule has 3 aromatic rings. The van der Waals surface area contributed by atoms with Crippen molar-refractivity contribution in [3.63, 3.8) is 0 Å². The summed E-state index contributed by atoms with van der Waals surface area (Å²) < 4.78 is 16.2. The van der Waals surface area contributed by atoms with E-state index in [1.54, 1.807) is 42.5 Å². The molecule has 36 heavy (non-hydrogen) atoms. The van der Waals surface area contributed by atoms with E-state index in [1.165, 1.54) is 38.5 Å². The lowest BCUT2D eigenvalue weighted by Crippen LogP contribution is -2.14. The first-order valence-corrected chi connectivity index (χ1v) is 11.0. The number of rotatable bonds is 9. The van der Waals surface area contributed by atoms with Crippen LogP contribution in [-0.4, -0.2) is 25.1 Å². The number of nitro benzene ring substituents is 1. The molecular formula is C25H19Cl2N3O6. The van der Waals surface area contributed by atoms with Crippen LogP contribution in [0.3, 0.4) is 0 Å². The number of ether oxygens (including phenoxy) is 3. The third-order valence-electron chi connectivity index (χ3n) is 4.95. The summed E-state index contributed by atoms with van der Waals surface area (Å²) in [6, 6.07) is 15.7. The molecule has 0 heterocycles. The van der Waals surface area contributed by atoms with E-state index in [0.717, 1.165) is 0 Å². The maximum Gasteiger partial charge on any atom is 0.296 e. The number of hydrogen-bond donors (Lipinski definition) is 1. The number of carbonyl (C=O) groups is 1. The molecule has 184 valence electrons. The third kappa shape index (κ3) is 6.24. The first-order valence-electron chi connectivity index (χ1n) is 10.3. The van der Waals surface area contributed by atoms with Crippen LogP contribution in [0.2, 0.25) is 10.0 Å². The van der Waals surface area contributed by atoms with Crippen LogP contribution in [0.1, 0.15) is 11.1 Å². The van der Waals surface area contributed by atoms with E-state index in [9.17, 15) is 20.2 Å². The van der Waals surface area contributed by atoms with Crippen LogP contribution in [-0.2, 0) is 11.4 Å². The van der Waals surface area contributed by atoms with E-state index in [-0.39, 0.29) is 29.3 Å². The van der Waals surface area contributed by atoms with Gasteiger partial charge in [0.1, 0.15) is 29.7 Å². The van der Waals surface area contributed by atoms with Gasteiger partial charge >= 0.3 is 0 Å². The van der Waals surface area contributed by atoms with Gasteiger partial charge in [0.25, 0.3) is 11.6 Å². The van der Waals surface area contributed by atoms with Crippen molar-refractivity contribution in [1.82, 2.24) is 0 Å². The zero-order chi connectivity index (χ0) is 26.2. The summed E-state index contributed by atoms with van der Waals surface area (Å²) in [6.07, 6.45) is 1.32. The number of anilines is 1. The topological polar surface area (TPSA) is 124 Å². The van der Waals surface area contributed by atoms with Gasteiger partial charge in [0.2, 0.25) is 0 Å². The number of halogens is 2. The van der Waals surface area contributed by atoms with Crippen LogP contribution >= 0.6 is 23.2 Å². The van der Waals surface area contributed by atoms with Gasteiger partial charge in [-0.2, -0.15) is 5.26 Å². The summed E-state index contributed by atoms with van der Waals surface area (Å²) in [5, 5.41) is 24.2. The Kier molecular flexibility index (Phi) is 8.73. The summed E-state index contributed by atoms with van der Waals surface area (Å²) in [4.78, 5) is 23.4. The van der Waals surface area contributed by atoms with Gasteiger partial charge in [-0.3, -0.25) is 14.9 Å². The van der Waals surface area contributed by atoms with E-state index >= 15 is 0 Å². The Hall–Kier alpha value is -4.26. The number of hydrogen-bond acceptors (Lipinski definition) is 7. The Morgan fingerprint density at radius 2 is 1.81 bits per heavy atom. The van der Waals surface area contributed by atoms with Crippen LogP contribution < -0.4 is 19.5 Å². The number of nitrogens with zero attached hydrogens (tertiary/aromatic N) is 2. The average Bonchev–Trinajstić information content (AvgIpc) is 2.87. The number of nitriles is 1. The first-order chi connectivity index (χ1) is 17.3. The van der Waals surface area contributed by atoms with Gasteiger partial charge in [0, 0.05) is 15.6 Å². The Morgan fingerprint density at radius 3 is 2.42 bits per heavy atom. The first kappa shape index (κ1) is 26.3. The van der Waals surface area contributed by atoms with Crippen molar-refractivity contribution >= 4 is 46.6 Å². The molecule has 0 aliphatic carbocycles. The zero-order valence-corrected chi connectivity index (χ0v) is 20.6. The molecule has 0 spiro atoms. The molecule has 0 saturated heterocycles. The smallest absolute Gasteiger partial charge is 0.296 e. The lowest BCUT2D eigenvalue weighted by Gasteiger charge is -2.13. The van der Waals surface area contributed by atoms with E-state index in [1.807, 2.05) is 0 Å². The Labute approximate surface area is 216 Å². The summed E-state index contributed by atoms with van der Waals surface area (Å²) >= 11 is 12.4. The van der Waals surface area contributed by atoms with Crippen molar-refractivity contribution < 1.29 is 23.9 Å². The predicted molar refractivity (Wildman–Crippen MR) is 136 cm³/mol. The largest absolute Gasteiger partial charge is 0.496 e. The highest BCUT2D eigenvalue weighted by molar-refractivity contribution is 6.35. The molecule has 0 bridgehead atoms. The second-order valence-corrected chi connectivity index (χ2v) is 7.98. The second kappa shape index (κ2) is 11.9. The number of benzene rings is 3. The standard InChI is InChI=1S/C25H19Cl2N3O6/c1-34-17-7-8-21(22(12-17)30(32)33)29-25(31)16(13-28)10-15-6-9-23(24(11-15)35-2)36-14-18-19(26)4-3-5-20(18)27/h3-12H,14H2,1-2H3,(H,29,31)/b16-10+. The molecule has 0 radical (unpaired) electrons. The predicted octanol–water partition coefficient (Wildman–Crippen LogP) is 6.04. The van der Waals surface area contributed by atoms with Crippen LogP contribution in [0.15, 0.2) is 60.2 Å². The van der Waals surface area contributed by atoms with Gasteiger partial charge in [-0.25, -0.2) is 0 Å². The molecule has 3 rings (SSSR count). The van der Waals surface area contributed by atoms with Crippen LogP contribution in [0.5, 0.6) is 17.2 Å². The second-order valence-electron chi connectivity index (χ2n) is 7.16. The molecule has 9 nitrogen and oxygen atoms in total. The molecule has 1 amide bonds. The van der Waals surface area contributed by atoms with E-state index in [2.05, 4.69) is 5.32 Å². The average molecular weight is 528 g/mol. The monoisotopic (exact) mass is 527 g/mol. The van der Waals surface area contributed by atoms with Gasteiger partial charge in [0.15, 0.2) is 11.5 Å². The fourth-order valence-corrected chi connectivity index (χ4v) is 3.62. The highest BCUT2D eigenvalue weighted by atomic mass is 35.5. The fourth-order valence-electron chi connectivity index (χ4n) is 3.11. The molecule has 3 aromatic carbocycles. The van der Waals surface area contributed by atoms with Crippen molar-refractivity contribution in [2.75, 3.05) is 19.5 Å². The van der Waals surface area contributed by atoms with Crippen molar-refractivity contribution in [2.24, 2.45) is 0 Å². The molecular weight excluding hydrogens is 509 g/mol. The molecule has 0 aliphatic rings. The number of nitrogens with one attached hydrogen (secondary N) is 1. The van der Waals surface area contributed by atoms with Crippen LogP contribution in [0.25, 0.3) is 6.08 Å². The minimum absolute atomic E-state index is 0.0773. The van der Waals surface area contributed by atoms with Gasteiger partial charge < -0.3 is 19.5 Å².